The van der Waals surface area contributed by atoms with Crippen LogP contribution in [0.25, 0.3) is 5.57 Å². The summed E-state index contributed by atoms with van der Waals surface area (Å²) in [4.78, 5) is 4.88. The van der Waals surface area contributed by atoms with Crippen molar-refractivity contribution < 1.29 is 4.74 Å². The van der Waals surface area contributed by atoms with E-state index in [1.807, 2.05) is 31.4 Å². The van der Waals surface area contributed by atoms with Gasteiger partial charge in [0.1, 0.15) is 5.75 Å². The molecule has 0 spiro atoms. The minimum atomic E-state index is 0.339. The van der Waals surface area contributed by atoms with Crippen LogP contribution in [0.5, 0.6) is 5.75 Å². The SMILES string of the molecule is CC/C=C(\C=C/C(C)Br)c1cnc(NCc2cccc(OC)c2)n1C. The maximum atomic E-state index is 5.27. The summed E-state index contributed by atoms with van der Waals surface area (Å²) >= 11 is 3.55. The number of nitrogens with one attached hydrogen (secondary N) is 1. The largest absolute Gasteiger partial charge is 0.497 e. The number of alkyl halides is 1. The van der Waals surface area contributed by atoms with Crippen LogP contribution in [0.4, 0.5) is 5.95 Å². The van der Waals surface area contributed by atoms with Gasteiger partial charge in [-0.05, 0) is 36.6 Å². The van der Waals surface area contributed by atoms with Crippen molar-refractivity contribution in [1.82, 2.24) is 9.55 Å². The van der Waals surface area contributed by atoms with E-state index in [2.05, 4.69) is 68.9 Å². The normalized spacial score (nSPS) is 13.2. The van der Waals surface area contributed by atoms with Crippen molar-refractivity contribution >= 4 is 27.5 Å². The van der Waals surface area contributed by atoms with Crippen LogP contribution >= 0.6 is 15.9 Å². The first-order valence-corrected chi connectivity index (χ1v) is 9.38. The van der Waals surface area contributed by atoms with Gasteiger partial charge in [-0.3, -0.25) is 0 Å². The Morgan fingerprint density at radius 2 is 2.24 bits per heavy atom. The van der Waals surface area contributed by atoms with Crippen molar-refractivity contribution in [2.75, 3.05) is 12.4 Å². The zero-order valence-electron chi connectivity index (χ0n) is 15.3. The van der Waals surface area contributed by atoms with Gasteiger partial charge >= 0.3 is 0 Å². The number of rotatable bonds is 8. The molecule has 4 nitrogen and oxygen atoms in total. The molecule has 1 aromatic heterocycles. The Balaban J connectivity index is 2.15. The summed E-state index contributed by atoms with van der Waals surface area (Å²) in [6, 6.07) is 8.04. The van der Waals surface area contributed by atoms with E-state index in [9.17, 15) is 0 Å². The first-order chi connectivity index (χ1) is 12.0. The Bertz CT molecular complexity index is 747. The Labute approximate surface area is 158 Å². The highest BCUT2D eigenvalue weighted by atomic mass is 79.9. The van der Waals surface area contributed by atoms with E-state index in [-0.39, 0.29) is 0 Å². The second kappa shape index (κ2) is 9.47. The first kappa shape index (κ1) is 19.3. The van der Waals surface area contributed by atoms with Crippen molar-refractivity contribution in [3.63, 3.8) is 0 Å². The van der Waals surface area contributed by atoms with Crippen molar-refractivity contribution in [2.45, 2.75) is 31.6 Å². The van der Waals surface area contributed by atoms with Gasteiger partial charge in [0.2, 0.25) is 5.95 Å². The molecule has 134 valence electrons. The van der Waals surface area contributed by atoms with E-state index in [0.29, 0.717) is 11.4 Å². The van der Waals surface area contributed by atoms with E-state index in [4.69, 9.17) is 4.74 Å². The number of aromatic nitrogens is 2. The molecule has 2 rings (SSSR count). The van der Waals surface area contributed by atoms with E-state index >= 15 is 0 Å². The lowest BCUT2D eigenvalue weighted by atomic mass is 10.1. The van der Waals surface area contributed by atoms with Gasteiger partial charge in [-0.15, -0.1) is 0 Å². The molecule has 1 aromatic carbocycles. The molecular formula is C20H26BrN3O. The fourth-order valence-corrected chi connectivity index (χ4v) is 2.67. The van der Waals surface area contributed by atoms with E-state index in [1.165, 1.54) is 5.57 Å². The van der Waals surface area contributed by atoms with Crippen LogP contribution in [0, 0.1) is 0 Å². The zero-order chi connectivity index (χ0) is 18.2. The van der Waals surface area contributed by atoms with Gasteiger partial charge in [-0.1, -0.05) is 53.2 Å². The maximum absolute atomic E-state index is 5.27. The van der Waals surface area contributed by atoms with E-state index < -0.39 is 0 Å². The molecule has 0 aliphatic heterocycles. The molecular weight excluding hydrogens is 378 g/mol. The number of hydrogen-bond acceptors (Lipinski definition) is 3. The highest BCUT2D eigenvalue weighted by Gasteiger charge is 2.09. The topological polar surface area (TPSA) is 39.1 Å². The molecule has 0 aliphatic carbocycles. The number of ether oxygens (including phenoxy) is 1. The molecule has 0 saturated carbocycles. The van der Waals surface area contributed by atoms with Crippen molar-refractivity contribution in [1.29, 1.82) is 0 Å². The maximum Gasteiger partial charge on any atom is 0.203 e. The molecule has 0 radical (unpaired) electrons. The van der Waals surface area contributed by atoms with Gasteiger partial charge in [0.05, 0.1) is 19.0 Å². The third-order valence-electron chi connectivity index (χ3n) is 3.83. The molecule has 0 aliphatic rings. The summed E-state index contributed by atoms with van der Waals surface area (Å²) in [7, 11) is 3.71. The predicted octanol–water partition coefficient (Wildman–Crippen LogP) is 5.17. The number of imidazole rings is 1. The van der Waals surface area contributed by atoms with Crippen LogP contribution in [-0.4, -0.2) is 21.5 Å². The van der Waals surface area contributed by atoms with Gasteiger partial charge in [0.25, 0.3) is 0 Å². The number of methoxy groups -OCH3 is 1. The fraction of sp³-hybridized carbons (Fsp3) is 0.350. The molecule has 1 atom stereocenters. The summed E-state index contributed by atoms with van der Waals surface area (Å²) in [6.07, 6.45) is 9.39. The molecule has 1 unspecified atom stereocenters. The second-order valence-electron chi connectivity index (χ2n) is 5.84. The molecule has 2 aromatic rings. The third-order valence-corrected chi connectivity index (χ3v) is 4.14. The van der Waals surface area contributed by atoms with E-state index in [1.54, 1.807) is 7.11 Å². The minimum Gasteiger partial charge on any atom is -0.497 e. The smallest absolute Gasteiger partial charge is 0.203 e. The monoisotopic (exact) mass is 403 g/mol. The van der Waals surface area contributed by atoms with Gasteiger partial charge in [-0.25, -0.2) is 4.98 Å². The van der Waals surface area contributed by atoms with Crippen LogP contribution < -0.4 is 10.1 Å². The Hall–Kier alpha value is -2.01. The number of halogens is 1. The number of allylic oxidation sites excluding steroid dienone is 4. The van der Waals surface area contributed by atoms with Gasteiger partial charge in [-0.2, -0.15) is 0 Å². The number of nitrogens with zero attached hydrogens (tertiary/aromatic N) is 2. The summed E-state index contributed by atoms with van der Waals surface area (Å²) in [5.74, 6) is 1.71. The van der Waals surface area contributed by atoms with Crippen LogP contribution in [0.2, 0.25) is 0 Å². The zero-order valence-corrected chi connectivity index (χ0v) is 16.9. The van der Waals surface area contributed by atoms with Crippen LogP contribution in [0.3, 0.4) is 0 Å². The summed E-state index contributed by atoms with van der Waals surface area (Å²) in [6.45, 7) is 4.94. The fourth-order valence-electron chi connectivity index (χ4n) is 2.52. The summed E-state index contributed by atoms with van der Waals surface area (Å²) < 4.78 is 7.36. The highest BCUT2D eigenvalue weighted by molar-refractivity contribution is 9.09. The van der Waals surface area contributed by atoms with Crippen LogP contribution in [0.15, 0.2) is 48.7 Å². The summed E-state index contributed by atoms with van der Waals surface area (Å²) in [5, 5.41) is 3.40. The quantitative estimate of drug-likeness (QED) is 0.487. The molecule has 25 heavy (non-hydrogen) atoms. The van der Waals surface area contributed by atoms with Crippen LogP contribution in [-0.2, 0) is 13.6 Å². The number of hydrogen-bond donors (Lipinski definition) is 1. The molecule has 0 amide bonds. The average molecular weight is 404 g/mol. The molecule has 1 N–H and O–H groups in total. The van der Waals surface area contributed by atoms with Crippen molar-refractivity contribution in [3.05, 3.63) is 59.9 Å². The first-order valence-electron chi connectivity index (χ1n) is 8.46. The van der Waals surface area contributed by atoms with Crippen LogP contribution in [0.1, 0.15) is 31.5 Å². The number of anilines is 1. The molecule has 5 heteroatoms. The molecule has 0 fully saturated rings. The molecule has 0 bridgehead atoms. The number of benzene rings is 1. The Morgan fingerprint density at radius 1 is 1.44 bits per heavy atom. The van der Waals surface area contributed by atoms with Crippen molar-refractivity contribution in [3.8, 4) is 5.75 Å². The Morgan fingerprint density at radius 3 is 2.92 bits per heavy atom. The lowest BCUT2D eigenvalue weighted by Gasteiger charge is -2.10. The van der Waals surface area contributed by atoms with Crippen molar-refractivity contribution in [2.24, 2.45) is 7.05 Å². The summed E-state index contributed by atoms with van der Waals surface area (Å²) in [5.41, 5.74) is 3.43. The average Bonchev–Trinajstić information content (AvgIpc) is 2.97. The molecule has 1 heterocycles. The molecule has 0 saturated heterocycles. The minimum absolute atomic E-state index is 0.339. The predicted molar refractivity (Wildman–Crippen MR) is 109 cm³/mol. The van der Waals surface area contributed by atoms with E-state index in [0.717, 1.165) is 29.4 Å². The third kappa shape index (κ3) is 5.49. The standard InChI is InChI=1S/C20H26BrN3O/c1-5-7-17(11-10-15(2)21)19-14-23-20(24(19)3)22-13-16-8-6-9-18(12-16)25-4/h6-12,14-15H,5,13H2,1-4H3,(H,22,23)/b11-10-,17-7+. The van der Waals surface area contributed by atoms with Gasteiger partial charge < -0.3 is 14.6 Å². The highest BCUT2D eigenvalue weighted by Crippen LogP contribution is 2.21. The Kier molecular flexibility index (Phi) is 7.31. The lowest BCUT2D eigenvalue weighted by Crippen LogP contribution is -2.06. The second-order valence-corrected chi connectivity index (χ2v) is 7.28. The van der Waals surface area contributed by atoms with Gasteiger partial charge in [0.15, 0.2) is 0 Å². The van der Waals surface area contributed by atoms with Gasteiger partial charge in [0, 0.05) is 18.4 Å². The lowest BCUT2D eigenvalue weighted by molar-refractivity contribution is 0.414.